The van der Waals surface area contributed by atoms with Gasteiger partial charge in [0.15, 0.2) is 5.03 Å². The van der Waals surface area contributed by atoms with E-state index in [9.17, 15) is 10.1 Å². The zero-order valence-corrected chi connectivity index (χ0v) is 14.9. The second-order valence-corrected chi connectivity index (χ2v) is 5.91. The number of guanidine groups is 1. The highest BCUT2D eigenvalue weighted by Crippen LogP contribution is 2.27. The lowest BCUT2D eigenvalue weighted by Crippen LogP contribution is -2.35. The lowest BCUT2D eigenvalue weighted by atomic mass is 10.2. The van der Waals surface area contributed by atoms with Crippen LogP contribution in [-0.2, 0) is 0 Å². The van der Waals surface area contributed by atoms with Gasteiger partial charge in [0, 0.05) is 9.13 Å². The molecule has 0 heterocycles. The summed E-state index contributed by atoms with van der Waals surface area (Å²) in [4.78, 5) is 10.2. The number of halogens is 2. The van der Waals surface area contributed by atoms with Gasteiger partial charge in [-0.05, 0) is 57.3 Å². The summed E-state index contributed by atoms with van der Waals surface area (Å²) in [5, 5.41) is 16.5. The molecule has 0 aliphatic heterocycles. The van der Waals surface area contributed by atoms with Gasteiger partial charge in [-0.15, -0.1) is 5.10 Å². The summed E-state index contributed by atoms with van der Waals surface area (Å²) in [6, 6.07) is 3.79. The molecule has 0 radical (unpaired) electrons. The lowest BCUT2D eigenvalue weighted by molar-refractivity contribution is -0.525. The lowest BCUT2D eigenvalue weighted by Gasteiger charge is -2.09. The van der Waals surface area contributed by atoms with Crippen LogP contribution in [0.25, 0.3) is 0 Å². The van der Waals surface area contributed by atoms with Crippen LogP contribution in [0.5, 0.6) is 5.75 Å². The molecule has 0 spiro atoms. The molecule has 3 N–H and O–H groups in total. The predicted octanol–water partition coefficient (Wildman–Crippen LogP) is 1.89. The smallest absolute Gasteiger partial charge is 0.275 e. The van der Waals surface area contributed by atoms with E-state index in [4.69, 9.17) is 10.5 Å². The molecule has 1 rings (SSSR count). The van der Waals surface area contributed by atoms with E-state index in [0.717, 1.165) is 7.14 Å². The number of nitrogens with two attached hydrogens (primary N) is 1. The van der Waals surface area contributed by atoms with Crippen molar-refractivity contribution < 1.29 is 9.77 Å². The number of hydrazine groups is 1. The van der Waals surface area contributed by atoms with Crippen molar-refractivity contribution in [1.82, 2.24) is 5.43 Å². The van der Waals surface area contributed by atoms with Gasteiger partial charge in [0.25, 0.3) is 5.96 Å². The van der Waals surface area contributed by atoms with E-state index in [1.54, 1.807) is 11.5 Å². The number of nitro groups is 1. The molecule has 10 heteroatoms. The Morgan fingerprint density at radius 1 is 1.57 bits per heavy atom. The average Bonchev–Trinajstić information content (AvgIpc) is 2.36. The largest absolute Gasteiger partial charge is 0.488 e. The molecule has 0 saturated carbocycles. The highest BCUT2D eigenvalue weighted by Gasteiger charge is 2.08. The van der Waals surface area contributed by atoms with Crippen LogP contribution >= 0.6 is 45.2 Å². The van der Waals surface area contributed by atoms with Gasteiger partial charge in [-0.2, -0.15) is 5.10 Å². The molecule has 0 atom stereocenters. The Labute approximate surface area is 147 Å². The van der Waals surface area contributed by atoms with Crippen molar-refractivity contribution in [3.05, 3.63) is 47.6 Å². The number of hydrogen-bond donors (Lipinski definition) is 2. The van der Waals surface area contributed by atoms with Crippen LogP contribution in [0.1, 0.15) is 5.56 Å². The number of hydrogen-bond acceptors (Lipinski definition) is 5. The van der Waals surface area contributed by atoms with Gasteiger partial charge in [0.2, 0.25) is 0 Å². The van der Waals surface area contributed by atoms with Crippen LogP contribution < -0.4 is 15.9 Å². The van der Waals surface area contributed by atoms with Crippen molar-refractivity contribution in [2.75, 3.05) is 6.61 Å². The zero-order valence-electron chi connectivity index (χ0n) is 10.6. The van der Waals surface area contributed by atoms with Gasteiger partial charge in [-0.3, -0.25) is 0 Å². The van der Waals surface area contributed by atoms with Gasteiger partial charge >= 0.3 is 0 Å². The molecule has 0 amide bonds. The Balaban J connectivity index is 3.00. The van der Waals surface area contributed by atoms with Crippen molar-refractivity contribution >= 4 is 57.4 Å². The maximum atomic E-state index is 10.2. The predicted molar refractivity (Wildman–Crippen MR) is 96.9 cm³/mol. The Kier molecular flexibility index (Phi) is 7.35. The molecular weight excluding hydrogens is 504 g/mol. The molecule has 1 aromatic carbocycles. The third-order valence-corrected chi connectivity index (χ3v) is 3.37. The molecule has 1 aromatic rings. The highest BCUT2D eigenvalue weighted by atomic mass is 127. The maximum Gasteiger partial charge on any atom is 0.275 e. The van der Waals surface area contributed by atoms with Gasteiger partial charge in [-0.1, -0.05) is 18.1 Å². The summed E-state index contributed by atoms with van der Waals surface area (Å²) in [5.74, 6) is 0.223. The van der Waals surface area contributed by atoms with E-state index in [-0.39, 0.29) is 0 Å². The molecule has 8 nitrogen and oxygen atoms in total. The van der Waals surface area contributed by atoms with Gasteiger partial charge in [0.1, 0.15) is 12.4 Å². The third kappa shape index (κ3) is 6.24. The molecule has 0 aliphatic carbocycles. The minimum Gasteiger partial charge on any atom is -0.488 e. The minimum atomic E-state index is -0.818. The van der Waals surface area contributed by atoms with Gasteiger partial charge < -0.3 is 10.5 Å². The van der Waals surface area contributed by atoms with E-state index < -0.39 is 11.0 Å². The van der Waals surface area contributed by atoms with E-state index in [0.29, 0.717) is 17.9 Å². The summed E-state index contributed by atoms with van der Waals surface area (Å²) >= 11 is 4.31. The van der Waals surface area contributed by atoms with E-state index in [1.807, 2.05) is 12.1 Å². The second-order valence-electron chi connectivity index (χ2n) is 3.50. The fourth-order valence-corrected chi connectivity index (χ4v) is 3.29. The van der Waals surface area contributed by atoms with Crippen molar-refractivity contribution in [2.24, 2.45) is 15.9 Å². The summed E-state index contributed by atoms with van der Waals surface area (Å²) in [5.41, 5.74) is 7.63. The van der Waals surface area contributed by atoms with E-state index >= 15 is 0 Å². The van der Waals surface area contributed by atoms with Gasteiger partial charge in [-0.25, -0.2) is 10.1 Å². The monoisotopic (exact) mass is 515 g/mol. The first kappa shape index (κ1) is 17.6. The number of rotatable bonds is 6. The molecule has 112 valence electrons. The average molecular weight is 515 g/mol. The van der Waals surface area contributed by atoms with Gasteiger partial charge in [0.05, 0.1) is 9.78 Å². The molecule has 0 bridgehead atoms. The van der Waals surface area contributed by atoms with Crippen molar-refractivity contribution in [3.8, 4) is 5.75 Å². The first-order valence-electron chi connectivity index (χ1n) is 5.44. The van der Waals surface area contributed by atoms with Crippen LogP contribution in [0, 0.1) is 17.3 Å². The summed E-state index contributed by atoms with van der Waals surface area (Å²) in [6.45, 7) is 3.95. The van der Waals surface area contributed by atoms with Crippen molar-refractivity contribution in [3.63, 3.8) is 0 Å². The summed E-state index contributed by atoms with van der Waals surface area (Å²) in [6.07, 6.45) is 3.04. The van der Waals surface area contributed by atoms with Crippen LogP contribution in [0.2, 0.25) is 0 Å². The first-order chi connectivity index (χ1) is 9.93. The quantitative estimate of drug-likeness (QED) is 0.150. The Bertz CT molecular complexity index is 604. The number of ether oxygens (including phenoxy) is 1. The molecule has 0 saturated heterocycles. The number of nitrogens with zero attached hydrogens (tertiary/aromatic N) is 3. The molecule has 21 heavy (non-hydrogen) atoms. The second kappa shape index (κ2) is 8.76. The molecule has 0 aromatic heterocycles. The molecule has 0 unspecified atom stereocenters. The highest BCUT2D eigenvalue weighted by molar-refractivity contribution is 14.1. The maximum absolute atomic E-state index is 10.2. The van der Waals surface area contributed by atoms with Crippen LogP contribution in [0.4, 0.5) is 0 Å². The van der Waals surface area contributed by atoms with E-state index in [2.05, 4.69) is 62.0 Å². The number of benzene rings is 1. The first-order valence-corrected chi connectivity index (χ1v) is 7.60. The standard InChI is InChI=1S/C11H11I2N5O3/c1-2-3-21-10-7(4-8(12)5-9(10)13)6-15-16-11(14)17-18(19)20/h2,4-6H,1,3H2,(H3,14,16,17)/b15-6-. The van der Waals surface area contributed by atoms with Crippen LogP contribution in [0.3, 0.4) is 0 Å². The fourth-order valence-electron chi connectivity index (χ4n) is 1.24. The van der Waals surface area contributed by atoms with Crippen molar-refractivity contribution in [2.45, 2.75) is 0 Å². The zero-order chi connectivity index (χ0) is 15.8. The Hall–Kier alpha value is -1.44. The topological polar surface area (TPSA) is 115 Å². The Morgan fingerprint density at radius 2 is 2.29 bits per heavy atom. The molecule has 0 fully saturated rings. The normalized spacial score (nSPS) is 11.4. The molecule has 0 aliphatic rings. The third-order valence-electron chi connectivity index (χ3n) is 1.95. The van der Waals surface area contributed by atoms with E-state index in [1.165, 1.54) is 6.21 Å². The summed E-state index contributed by atoms with van der Waals surface area (Å²) in [7, 11) is 0. The fraction of sp³-hybridized carbons (Fsp3) is 0.0909. The van der Waals surface area contributed by atoms with Crippen LogP contribution in [0.15, 0.2) is 35.0 Å². The van der Waals surface area contributed by atoms with Crippen LogP contribution in [-0.4, -0.2) is 23.8 Å². The number of nitrogens with one attached hydrogen (secondary N) is 1. The Morgan fingerprint density at radius 3 is 2.90 bits per heavy atom. The molecular formula is C11H11I2N5O3. The summed E-state index contributed by atoms with van der Waals surface area (Å²) < 4.78 is 7.47. The SMILES string of the molecule is C=CCOc1c(I)cc(I)cc1/C=N\N=C(N)N[N+](=O)[O-]. The minimum absolute atomic E-state index is 0.353. The van der Waals surface area contributed by atoms with Crippen molar-refractivity contribution in [1.29, 1.82) is 0 Å².